The highest BCUT2D eigenvalue weighted by Gasteiger charge is 2.23. The van der Waals surface area contributed by atoms with E-state index in [9.17, 15) is 14.4 Å². The lowest BCUT2D eigenvalue weighted by Crippen LogP contribution is -2.38. The van der Waals surface area contributed by atoms with E-state index in [-0.39, 0.29) is 23.2 Å². The number of hydrogen-bond acceptors (Lipinski definition) is 3. The van der Waals surface area contributed by atoms with Gasteiger partial charge in [-0.3, -0.25) is 14.4 Å². The van der Waals surface area contributed by atoms with Crippen molar-refractivity contribution in [2.45, 2.75) is 71.9 Å². The van der Waals surface area contributed by atoms with Crippen molar-refractivity contribution in [2.75, 3.05) is 6.54 Å². The van der Waals surface area contributed by atoms with E-state index < -0.39 is 17.2 Å². The molecule has 144 valence electrons. The summed E-state index contributed by atoms with van der Waals surface area (Å²) in [4.78, 5) is 37.8. The van der Waals surface area contributed by atoms with E-state index >= 15 is 0 Å². The topological polar surface area (TPSA) is 80.2 Å². The van der Waals surface area contributed by atoms with Crippen LogP contribution < -0.4 is 16.1 Å². The number of pyridine rings is 1. The van der Waals surface area contributed by atoms with Crippen LogP contribution in [0.25, 0.3) is 0 Å². The molecule has 2 rings (SSSR count). The first-order chi connectivity index (χ1) is 12.3. The maximum absolute atomic E-state index is 12.8. The SMILES string of the molecule is CC(C)CCNC(=O)c1cn(C2CCCC2)cc(C(=O)NC(C)C)c1=O. The van der Waals surface area contributed by atoms with Crippen LogP contribution in [0.5, 0.6) is 0 Å². The number of nitrogens with one attached hydrogen (secondary N) is 2. The minimum atomic E-state index is -0.501. The largest absolute Gasteiger partial charge is 0.352 e. The van der Waals surface area contributed by atoms with Gasteiger partial charge in [0.25, 0.3) is 11.8 Å². The Morgan fingerprint density at radius 2 is 1.65 bits per heavy atom. The lowest BCUT2D eigenvalue weighted by Gasteiger charge is -2.18. The molecular formula is C20H31N3O3. The van der Waals surface area contributed by atoms with Gasteiger partial charge in [0, 0.05) is 31.0 Å². The minimum Gasteiger partial charge on any atom is -0.352 e. The zero-order chi connectivity index (χ0) is 19.3. The first-order valence-corrected chi connectivity index (χ1v) is 9.64. The summed E-state index contributed by atoms with van der Waals surface area (Å²) in [6, 6.07) is 0.161. The minimum absolute atomic E-state index is 0.0436. The lowest BCUT2D eigenvalue weighted by atomic mass is 10.1. The van der Waals surface area contributed by atoms with Gasteiger partial charge in [0.1, 0.15) is 11.1 Å². The summed E-state index contributed by atoms with van der Waals surface area (Å²) in [7, 11) is 0. The van der Waals surface area contributed by atoms with Crippen LogP contribution in [0.15, 0.2) is 17.2 Å². The Morgan fingerprint density at radius 1 is 1.08 bits per heavy atom. The van der Waals surface area contributed by atoms with Crippen LogP contribution in [0, 0.1) is 5.92 Å². The molecule has 0 radical (unpaired) electrons. The van der Waals surface area contributed by atoms with Crippen molar-refractivity contribution in [1.29, 1.82) is 0 Å². The summed E-state index contributed by atoms with van der Waals surface area (Å²) in [6.45, 7) is 8.36. The Bertz CT molecular complexity index is 701. The Kier molecular flexibility index (Phi) is 7.00. The molecule has 1 aliphatic carbocycles. The second kappa shape index (κ2) is 9.01. The van der Waals surface area contributed by atoms with Gasteiger partial charge in [-0.15, -0.1) is 0 Å². The molecule has 0 spiro atoms. The molecule has 6 nitrogen and oxygen atoms in total. The first kappa shape index (κ1) is 20.2. The molecule has 26 heavy (non-hydrogen) atoms. The molecule has 1 aliphatic rings. The maximum atomic E-state index is 12.8. The molecular weight excluding hydrogens is 330 g/mol. The van der Waals surface area contributed by atoms with Crippen LogP contribution in [-0.2, 0) is 0 Å². The van der Waals surface area contributed by atoms with Gasteiger partial charge >= 0.3 is 0 Å². The van der Waals surface area contributed by atoms with Crippen LogP contribution in [0.3, 0.4) is 0 Å². The van der Waals surface area contributed by atoms with E-state index in [1.807, 2.05) is 18.4 Å². The Hall–Kier alpha value is -2.11. The number of carbonyl (C=O) groups is 2. The number of rotatable bonds is 7. The molecule has 1 heterocycles. The summed E-state index contributed by atoms with van der Waals surface area (Å²) in [5, 5.41) is 5.57. The molecule has 2 N–H and O–H groups in total. The van der Waals surface area contributed by atoms with Crippen molar-refractivity contribution in [3.05, 3.63) is 33.7 Å². The molecule has 0 aromatic carbocycles. The second-order valence-corrected chi connectivity index (χ2v) is 7.87. The van der Waals surface area contributed by atoms with Crippen molar-refractivity contribution in [2.24, 2.45) is 5.92 Å². The summed E-state index contributed by atoms with van der Waals surface area (Å²) >= 11 is 0. The number of amides is 2. The normalized spacial score (nSPS) is 14.8. The van der Waals surface area contributed by atoms with Crippen molar-refractivity contribution >= 4 is 11.8 Å². The molecule has 1 fully saturated rings. The van der Waals surface area contributed by atoms with Gasteiger partial charge in [-0.1, -0.05) is 26.7 Å². The number of nitrogens with zero attached hydrogens (tertiary/aromatic N) is 1. The van der Waals surface area contributed by atoms with E-state index in [0.29, 0.717) is 12.5 Å². The van der Waals surface area contributed by atoms with Gasteiger partial charge in [0.15, 0.2) is 0 Å². The number of carbonyl (C=O) groups excluding carboxylic acids is 2. The Morgan fingerprint density at radius 3 is 2.19 bits per heavy atom. The van der Waals surface area contributed by atoms with E-state index in [4.69, 9.17) is 0 Å². The zero-order valence-electron chi connectivity index (χ0n) is 16.3. The standard InChI is InChI=1S/C20H31N3O3/c1-13(2)9-10-21-19(25)16-11-23(15-7-5-6-8-15)12-17(18(16)24)20(26)22-14(3)4/h11-15H,5-10H2,1-4H3,(H,21,25)(H,22,26). The predicted molar refractivity (Wildman–Crippen MR) is 103 cm³/mol. The molecule has 0 atom stereocenters. The molecule has 0 bridgehead atoms. The quantitative estimate of drug-likeness (QED) is 0.784. The van der Waals surface area contributed by atoms with Gasteiger partial charge in [0.05, 0.1) is 0 Å². The fourth-order valence-corrected chi connectivity index (χ4v) is 3.24. The summed E-state index contributed by atoms with van der Waals surface area (Å²) in [5.41, 5.74) is -0.404. The van der Waals surface area contributed by atoms with Crippen molar-refractivity contribution in [3.8, 4) is 0 Å². The highest BCUT2D eigenvalue weighted by atomic mass is 16.2. The van der Waals surface area contributed by atoms with Gasteiger partial charge in [-0.2, -0.15) is 0 Å². The van der Waals surface area contributed by atoms with E-state index in [1.165, 1.54) is 0 Å². The number of aromatic nitrogens is 1. The fraction of sp³-hybridized carbons (Fsp3) is 0.650. The molecule has 6 heteroatoms. The highest BCUT2D eigenvalue weighted by molar-refractivity contribution is 5.99. The smallest absolute Gasteiger partial charge is 0.256 e. The van der Waals surface area contributed by atoms with Gasteiger partial charge in [-0.25, -0.2) is 0 Å². The second-order valence-electron chi connectivity index (χ2n) is 7.87. The third-order valence-corrected chi connectivity index (χ3v) is 4.71. The maximum Gasteiger partial charge on any atom is 0.256 e. The van der Waals surface area contributed by atoms with Crippen LogP contribution >= 0.6 is 0 Å². The fourth-order valence-electron chi connectivity index (χ4n) is 3.24. The number of hydrogen-bond donors (Lipinski definition) is 2. The van der Waals surface area contributed by atoms with Gasteiger partial charge in [-0.05, 0) is 39.0 Å². The average Bonchev–Trinajstić information content (AvgIpc) is 3.08. The van der Waals surface area contributed by atoms with Crippen molar-refractivity contribution in [3.63, 3.8) is 0 Å². The van der Waals surface area contributed by atoms with Gasteiger partial charge < -0.3 is 15.2 Å². The van der Waals surface area contributed by atoms with E-state index in [2.05, 4.69) is 24.5 Å². The molecule has 1 aromatic rings. The van der Waals surface area contributed by atoms with Crippen LogP contribution in [0.2, 0.25) is 0 Å². The average molecular weight is 361 g/mol. The van der Waals surface area contributed by atoms with E-state index in [0.717, 1.165) is 32.1 Å². The Balaban J connectivity index is 2.35. The van der Waals surface area contributed by atoms with Crippen LogP contribution in [0.1, 0.15) is 86.6 Å². The molecule has 0 saturated heterocycles. The molecule has 1 saturated carbocycles. The summed E-state index contributed by atoms with van der Waals surface area (Å²) in [5.74, 6) is -0.358. The molecule has 1 aromatic heterocycles. The van der Waals surface area contributed by atoms with Crippen molar-refractivity contribution < 1.29 is 9.59 Å². The van der Waals surface area contributed by atoms with Gasteiger partial charge in [0.2, 0.25) is 5.43 Å². The zero-order valence-corrected chi connectivity index (χ0v) is 16.3. The third kappa shape index (κ3) is 5.19. The monoisotopic (exact) mass is 361 g/mol. The van der Waals surface area contributed by atoms with Crippen LogP contribution in [0.4, 0.5) is 0 Å². The first-order valence-electron chi connectivity index (χ1n) is 9.64. The highest BCUT2D eigenvalue weighted by Crippen LogP contribution is 2.29. The molecule has 0 aliphatic heterocycles. The molecule has 0 unspecified atom stereocenters. The summed E-state index contributed by atoms with van der Waals surface area (Å²) in [6.07, 6.45) is 8.33. The van der Waals surface area contributed by atoms with Crippen LogP contribution in [-0.4, -0.2) is 29.0 Å². The lowest BCUT2D eigenvalue weighted by molar-refractivity contribution is 0.0941. The molecule has 2 amide bonds. The third-order valence-electron chi connectivity index (χ3n) is 4.71. The van der Waals surface area contributed by atoms with Crippen molar-refractivity contribution in [1.82, 2.24) is 15.2 Å². The Labute approximate surface area is 155 Å². The predicted octanol–water partition coefficient (Wildman–Crippen LogP) is 2.88. The summed E-state index contributed by atoms with van der Waals surface area (Å²) < 4.78 is 1.89. The van der Waals surface area contributed by atoms with E-state index in [1.54, 1.807) is 12.4 Å².